The van der Waals surface area contributed by atoms with E-state index in [9.17, 15) is 4.79 Å². The van der Waals surface area contributed by atoms with E-state index in [0.29, 0.717) is 21.6 Å². The quantitative estimate of drug-likeness (QED) is 0.149. The van der Waals surface area contributed by atoms with Gasteiger partial charge in [-0.3, -0.25) is 4.79 Å². The number of nitrogens with zero attached hydrogens (tertiary/aromatic N) is 5. The molecule has 10 rings (SSSR count). The predicted molar refractivity (Wildman–Crippen MR) is 203 cm³/mol. The maximum Gasteiger partial charge on any atom is 0.204 e. The Hall–Kier alpha value is -5.25. The number of halogens is 2. The molecule has 0 spiro atoms. The lowest BCUT2D eigenvalue weighted by molar-refractivity contribution is 0.118. The van der Waals surface area contributed by atoms with E-state index in [4.69, 9.17) is 31.5 Å². The molecule has 3 aliphatic rings. The molecule has 10 heteroatoms. The first-order valence-corrected chi connectivity index (χ1v) is 18.8. The van der Waals surface area contributed by atoms with Gasteiger partial charge < -0.3 is 9.88 Å². The molecule has 1 radical (unpaired) electrons. The van der Waals surface area contributed by atoms with Gasteiger partial charge in [0.05, 0.1) is 16.6 Å². The van der Waals surface area contributed by atoms with Crippen molar-refractivity contribution in [1.82, 2.24) is 24.5 Å². The Labute approximate surface area is 309 Å². The average molecular weight is 724 g/mol. The second-order valence-corrected chi connectivity index (χ2v) is 14.9. The van der Waals surface area contributed by atoms with Gasteiger partial charge in [-0.15, -0.1) is 11.3 Å². The highest BCUT2D eigenvalue weighted by Crippen LogP contribution is 2.47. The zero-order valence-corrected chi connectivity index (χ0v) is 29.6. The number of rotatable bonds is 9. The molecular formula is C42H33ClFN6OS. The van der Waals surface area contributed by atoms with Crippen molar-refractivity contribution < 1.29 is 9.18 Å². The van der Waals surface area contributed by atoms with Crippen molar-refractivity contribution >= 4 is 46.2 Å². The third kappa shape index (κ3) is 5.33. The van der Waals surface area contributed by atoms with E-state index in [2.05, 4.69) is 52.6 Å². The fourth-order valence-corrected chi connectivity index (χ4v) is 9.41. The van der Waals surface area contributed by atoms with E-state index in [1.165, 1.54) is 11.3 Å². The van der Waals surface area contributed by atoms with E-state index >= 15 is 4.39 Å². The van der Waals surface area contributed by atoms with E-state index in [-0.39, 0.29) is 46.3 Å². The smallest absolute Gasteiger partial charge is 0.204 e. The highest BCUT2D eigenvalue weighted by atomic mass is 35.5. The van der Waals surface area contributed by atoms with E-state index in [1.807, 2.05) is 78.3 Å². The summed E-state index contributed by atoms with van der Waals surface area (Å²) in [6.07, 6.45) is 9.76. The molecule has 2 unspecified atom stereocenters. The number of benzene rings is 3. The number of anilines is 1. The molecule has 3 aliphatic carbocycles. The van der Waals surface area contributed by atoms with E-state index in [0.717, 1.165) is 42.4 Å². The molecule has 2 bridgehead atoms. The van der Waals surface area contributed by atoms with Crippen LogP contribution in [-0.2, 0) is 10.3 Å². The summed E-state index contributed by atoms with van der Waals surface area (Å²) in [4.78, 5) is 32.5. The van der Waals surface area contributed by atoms with Gasteiger partial charge in [0.15, 0.2) is 23.1 Å². The molecule has 0 amide bonds. The number of hydrogen-bond acceptors (Lipinski definition) is 7. The maximum atomic E-state index is 16.7. The first-order chi connectivity index (χ1) is 25.6. The van der Waals surface area contributed by atoms with Crippen LogP contribution in [0, 0.1) is 23.6 Å². The van der Waals surface area contributed by atoms with Crippen molar-refractivity contribution in [3.05, 3.63) is 149 Å². The minimum Gasteiger partial charge on any atom is -0.364 e. The predicted octanol–water partition coefficient (Wildman–Crippen LogP) is 9.58. The number of nitrogens with one attached hydrogen (secondary N) is 1. The number of thiophene rings is 1. The average Bonchev–Trinajstić information content (AvgIpc) is 3.87. The van der Waals surface area contributed by atoms with Crippen molar-refractivity contribution in [3.63, 3.8) is 0 Å². The molecule has 1 N–H and O–H groups in total. The van der Waals surface area contributed by atoms with Gasteiger partial charge in [-0.2, -0.15) is 0 Å². The van der Waals surface area contributed by atoms with Crippen LogP contribution < -0.4 is 5.32 Å². The monoisotopic (exact) mass is 723 g/mol. The van der Waals surface area contributed by atoms with Crippen LogP contribution in [-0.4, -0.2) is 36.8 Å². The van der Waals surface area contributed by atoms with Crippen LogP contribution in [0.3, 0.4) is 0 Å². The summed E-state index contributed by atoms with van der Waals surface area (Å²) >= 11 is 7.99. The van der Waals surface area contributed by atoms with Gasteiger partial charge in [0.1, 0.15) is 21.9 Å². The molecule has 0 aliphatic heterocycles. The van der Waals surface area contributed by atoms with Crippen LogP contribution in [0.5, 0.6) is 0 Å². The Kier molecular flexibility index (Phi) is 8.40. The zero-order chi connectivity index (χ0) is 35.2. The van der Waals surface area contributed by atoms with Gasteiger partial charge in [-0.05, 0) is 65.7 Å². The largest absolute Gasteiger partial charge is 0.364 e. The molecule has 3 aromatic carbocycles. The molecule has 7 nitrogen and oxygen atoms in total. The Bertz CT molecular complexity index is 2270. The fraction of sp³-hybridized carbons (Fsp3) is 0.214. The van der Waals surface area contributed by atoms with Gasteiger partial charge in [0, 0.05) is 18.2 Å². The highest BCUT2D eigenvalue weighted by Gasteiger charge is 2.45. The summed E-state index contributed by atoms with van der Waals surface area (Å²) in [5.41, 5.74) is 3.82. The van der Waals surface area contributed by atoms with Crippen LogP contribution in [0.15, 0.2) is 121 Å². The number of fused-ring (bicyclic) bond motifs is 4. The highest BCUT2D eigenvalue weighted by molar-refractivity contribution is 7.13. The molecule has 3 saturated carbocycles. The first kappa shape index (κ1) is 32.6. The number of hydrogen-bond donors (Lipinski definition) is 1. The maximum absolute atomic E-state index is 16.7. The summed E-state index contributed by atoms with van der Waals surface area (Å²) < 4.78 is 18.8. The van der Waals surface area contributed by atoms with Gasteiger partial charge in [-0.1, -0.05) is 109 Å². The van der Waals surface area contributed by atoms with E-state index in [1.54, 1.807) is 6.20 Å². The standard InChI is InChI=1S/C42H33ClFN6OS/c43-34-23-45-41-37(46-34)31(24-50(41)42(28-11-4-1-5-12-28,29-13-6-2-7-14-29)30-15-8-3-9-16-30)39-48-38(33-17-10-22-52-33)35(44)40(49-39)47-36-27-20-18-26(19-21-27)32(36)25-51/h1-17,22-24,26-27,32,36H,18-21H2,(H,47,48,49). The first-order valence-electron chi connectivity index (χ1n) is 17.5. The van der Waals surface area contributed by atoms with Crippen LogP contribution in [0.2, 0.25) is 5.15 Å². The summed E-state index contributed by atoms with van der Waals surface area (Å²) in [5, 5.41) is 5.52. The Morgan fingerprint density at radius 3 is 2.00 bits per heavy atom. The number of aromatic nitrogens is 5. The molecule has 7 aromatic rings. The Morgan fingerprint density at radius 2 is 1.42 bits per heavy atom. The molecule has 257 valence electrons. The second kappa shape index (κ2) is 13.4. The topological polar surface area (TPSA) is 85.6 Å². The van der Waals surface area contributed by atoms with Crippen molar-refractivity contribution in [2.24, 2.45) is 17.8 Å². The molecule has 3 fully saturated rings. The lowest BCUT2D eigenvalue weighted by atomic mass is 9.62. The van der Waals surface area contributed by atoms with Crippen molar-refractivity contribution in [2.75, 3.05) is 5.32 Å². The van der Waals surface area contributed by atoms with Crippen LogP contribution in [0.1, 0.15) is 42.4 Å². The minimum atomic E-state index is -0.922. The third-order valence-electron chi connectivity index (χ3n) is 10.9. The van der Waals surface area contributed by atoms with Gasteiger partial charge >= 0.3 is 0 Å². The van der Waals surface area contributed by atoms with Gasteiger partial charge in [-0.25, -0.2) is 24.3 Å². The van der Waals surface area contributed by atoms with Crippen molar-refractivity contribution in [1.29, 1.82) is 0 Å². The van der Waals surface area contributed by atoms with Crippen LogP contribution in [0.25, 0.3) is 33.1 Å². The van der Waals surface area contributed by atoms with Crippen molar-refractivity contribution in [3.8, 4) is 22.0 Å². The third-order valence-corrected chi connectivity index (χ3v) is 12.0. The minimum absolute atomic E-state index is 0.0579. The molecule has 0 saturated heterocycles. The number of carbonyl (C=O) groups excluding carboxylic acids is 1. The summed E-state index contributed by atoms with van der Waals surface area (Å²) in [5.74, 6) is -0.0959. The summed E-state index contributed by atoms with van der Waals surface area (Å²) in [7, 11) is 0. The summed E-state index contributed by atoms with van der Waals surface area (Å²) in [6.45, 7) is 0. The lowest BCUT2D eigenvalue weighted by Crippen LogP contribution is -2.49. The summed E-state index contributed by atoms with van der Waals surface area (Å²) in [6, 6.07) is 34.3. The molecule has 2 atom stereocenters. The molecule has 4 heterocycles. The zero-order valence-electron chi connectivity index (χ0n) is 28.0. The van der Waals surface area contributed by atoms with Crippen molar-refractivity contribution in [2.45, 2.75) is 37.3 Å². The SMILES string of the molecule is O=[C]C1C2CCC(CC2)C1Nc1nc(-c2cn(C(c3ccccc3)(c3ccccc3)c3ccccc3)c3ncc(Cl)nc23)nc(-c2cccs2)c1F. The second-order valence-electron chi connectivity index (χ2n) is 13.6. The fourth-order valence-electron chi connectivity index (χ4n) is 8.57. The van der Waals surface area contributed by atoms with Gasteiger partial charge in [0.2, 0.25) is 6.29 Å². The Balaban J connectivity index is 1.32. The van der Waals surface area contributed by atoms with Crippen LogP contribution in [0.4, 0.5) is 10.2 Å². The van der Waals surface area contributed by atoms with Crippen LogP contribution >= 0.6 is 22.9 Å². The Morgan fingerprint density at radius 1 is 0.808 bits per heavy atom. The van der Waals surface area contributed by atoms with Gasteiger partial charge in [0.25, 0.3) is 0 Å². The molecule has 4 aromatic heterocycles. The molecule has 52 heavy (non-hydrogen) atoms. The normalized spacial score (nSPS) is 19.9. The van der Waals surface area contributed by atoms with E-state index < -0.39 is 11.4 Å². The molecular weight excluding hydrogens is 691 g/mol. The lowest BCUT2D eigenvalue weighted by Gasteiger charge is -2.46.